The van der Waals surface area contributed by atoms with E-state index < -0.39 is 10.1 Å². The lowest BCUT2D eigenvalue weighted by Crippen LogP contribution is -2.48. The third-order valence-electron chi connectivity index (χ3n) is 4.78. The van der Waals surface area contributed by atoms with Gasteiger partial charge in [-0.2, -0.15) is 8.42 Å². The van der Waals surface area contributed by atoms with Crippen molar-refractivity contribution in [2.24, 2.45) is 0 Å². The predicted octanol–water partition coefficient (Wildman–Crippen LogP) is 3.93. The van der Waals surface area contributed by atoms with Gasteiger partial charge in [0.05, 0.1) is 12.7 Å². The van der Waals surface area contributed by atoms with Crippen molar-refractivity contribution in [3.05, 3.63) is 59.7 Å². The van der Waals surface area contributed by atoms with Crippen LogP contribution in [-0.2, 0) is 14.9 Å². The molecule has 0 saturated carbocycles. The van der Waals surface area contributed by atoms with Gasteiger partial charge >= 0.3 is 10.1 Å². The van der Waals surface area contributed by atoms with Crippen LogP contribution in [0, 0.1) is 6.92 Å². The number of hydrogen-bond donors (Lipinski definition) is 0. The SMILES string of the molecule is Cc1ccc(S(=O)(=O)Oc2ccc(C3CN(C(C)(C)C)CCO3)cc2)cc1. The van der Waals surface area contributed by atoms with Crippen LogP contribution in [-0.4, -0.2) is 38.6 Å². The smallest absolute Gasteiger partial charge is 0.339 e. The molecule has 1 saturated heterocycles. The molecule has 1 aliphatic heterocycles. The van der Waals surface area contributed by atoms with Gasteiger partial charge in [-0.05, 0) is 57.5 Å². The number of hydrogen-bond acceptors (Lipinski definition) is 5. The third kappa shape index (κ3) is 4.89. The summed E-state index contributed by atoms with van der Waals surface area (Å²) in [5, 5.41) is 0. The highest BCUT2D eigenvalue weighted by Crippen LogP contribution is 2.28. The van der Waals surface area contributed by atoms with E-state index in [1.54, 1.807) is 36.4 Å². The first-order chi connectivity index (χ1) is 12.6. The van der Waals surface area contributed by atoms with Crippen LogP contribution < -0.4 is 4.18 Å². The minimum Gasteiger partial charge on any atom is -0.379 e. The molecule has 6 heteroatoms. The van der Waals surface area contributed by atoms with Crippen LogP contribution in [0.15, 0.2) is 53.4 Å². The maximum absolute atomic E-state index is 12.4. The van der Waals surface area contributed by atoms with Gasteiger partial charge in [-0.3, -0.25) is 4.90 Å². The van der Waals surface area contributed by atoms with Gasteiger partial charge in [0.1, 0.15) is 10.6 Å². The maximum atomic E-state index is 12.4. The Kier molecular flexibility index (Phi) is 5.60. The summed E-state index contributed by atoms with van der Waals surface area (Å²) in [6.07, 6.45) is -0.0271. The van der Waals surface area contributed by atoms with E-state index in [9.17, 15) is 8.42 Å². The van der Waals surface area contributed by atoms with Crippen molar-refractivity contribution < 1.29 is 17.3 Å². The number of benzene rings is 2. The molecular weight excluding hydrogens is 362 g/mol. The van der Waals surface area contributed by atoms with E-state index in [0.717, 1.165) is 24.2 Å². The van der Waals surface area contributed by atoms with Crippen LogP contribution in [0.2, 0.25) is 0 Å². The van der Waals surface area contributed by atoms with Gasteiger partial charge in [-0.15, -0.1) is 0 Å². The summed E-state index contributed by atoms with van der Waals surface area (Å²) in [6, 6.07) is 13.7. The normalized spacial score (nSPS) is 19.0. The van der Waals surface area contributed by atoms with Gasteiger partial charge in [-0.25, -0.2) is 0 Å². The van der Waals surface area contributed by atoms with Crippen molar-refractivity contribution in [3.8, 4) is 5.75 Å². The van der Waals surface area contributed by atoms with Gasteiger partial charge in [0.25, 0.3) is 0 Å². The molecule has 146 valence electrons. The fourth-order valence-corrected chi connectivity index (χ4v) is 4.01. The molecular formula is C21H27NO4S. The van der Waals surface area contributed by atoms with Gasteiger partial charge in [0, 0.05) is 18.6 Å². The number of ether oxygens (including phenoxy) is 1. The number of morpholine rings is 1. The van der Waals surface area contributed by atoms with Gasteiger partial charge in [-0.1, -0.05) is 29.8 Å². The first-order valence-electron chi connectivity index (χ1n) is 9.13. The largest absolute Gasteiger partial charge is 0.379 e. The molecule has 3 rings (SSSR count). The molecule has 1 fully saturated rings. The average Bonchev–Trinajstić information content (AvgIpc) is 2.62. The van der Waals surface area contributed by atoms with Crippen molar-refractivity contribution >= 4 is 10.1 Å². The molecule has 1 aliphatic rings. The van der Waals surface area contributed by atoms with Gasteiger partial charge in [0.15, 0.2) is 0 Å². The fraction of sp³-hybridized carbons (Fsp3) is 0.429. The third-order valence-corrected chi connectivity index (χ3v) is 6.04. The molecule has 27 heavy (non-hydrogen) atoms. The average molecular weight is 390 g/mol. The Morgan fingerprint density at radius 1 is 1.04 bits per heavy atom. The van der Waals surface area contributed by atoms with E-state index in [1.807, 2.05) is 19.1 Å². The van der Waals surface area contributed by atoms with E-state index >= 15 is 0 Å². The lowest BCUT2D eigenvalue weighted by atomic mass is 10.0. The summed E-state index contributed by atoms with van der Waals surface area (Å²) >= 11 is 0. The molecule has 0 N–H and O–H groups in total. The topological polar surface area (TPSA) is 55.8 Å². The molecule has 0 aromatic heterocycles. The number of aryl methyl sites for hydroxylation is 1. The summed E-state index contributed by atoms with van der Waals surface area (Å²) in [5.41, 5.74) is 2.10. The molecule has 2 aromatic rings. The van der Waals surface area contributed by atoms with E-state index in [4.69, 9.17) is 8.92 Å². The highest BCUT2D eigenvalue weighted by molar-refractivity contribution is 7.87. The van der Waals surface area contributed by atoms with Crippen LogP contribution in [0.25, 0.3) is 0 Å². The van der Waals surface area contributed by atoms with Gasteiger partial charge in [0.2, 0.25) is 0 Å². The summed E-state index contributed by atoms with van der Waals surface area (Å²) in [4.78, 5) is 2.54. The van der Waals surface area contributed by atoms with Crippen molar-refractivity contribution in [1.29, 1.82) is 0 Å². The second kappa shape index (κ2) is 7.62. The molecule has 1 atom stereocenters. The summed E-state index contributed by atoms with van der Waals surface area (Å²) in [5.74, 6) is 0.294. The molecule has 1 unspecified atom stereocenters. The first kappa shape index (κ1) is 19.9. The Labute approximate surface area is 162 Å². The van der Waals surface area contributed by atoms with Crippen LogP contribution >= 0.6 is 0 Å². The second-order valence-electron chi connectivity index (χ2n) is 7.90. The van der Waals surface area contributed by atoms with E-state index in [2.05, 4.69) is 25.7 Å². The minimum absolute atomic E-state index is 0.0271. The Hall–Kier alpha value is -1.89. The van der Waals surface area contributed by atoms with E-state index in [-0.39, 0.29) is 16.5 Å². The molecule has 1 heterocycles. The second-order valence-corrected chi connectivity index (χ2v) is 9.44. The zero-order valence-corrected chi connectivity index (χ0v) is 17.1. The Bertz CT molecular complexity index is 868. The molecule has 0 radical (unpaired) electrons. The molecule has 0 spiro atoms. The Morgan fingerprint density at radius 2 is 1.67 bits per heavy atom. The van der Waals surface area contributed by atoms with Gasteiger partial charge < -0.3 is 8.92 Å². The summed E-state index contributed by atoms with van der Waals surface area (Å²) < 4.78 is 36.0. The van der Waals surface area contributed by atoms with Crippen LogP contribution in [0.4, 0.5) is 0 Å². The predicted molar refractivity (Wildman–Crippen MR) is 105 cm³/mol. The molecule has 2 aromatic carbocycles. The molecule has 0 amide bonds. The Balaban J connectivity index is 1.71. The molecule has 5 nitrogen and oxygen atoms in total. The van der Waals surface area contributed by atoms with Crippen molar-refractivity contribution in [2.75, 3.05) is 19.7 Å². The standard InChI is InChI=1S/C21H27NO4S/c1-16-5-11-19(12-6-16)27(23,24)26-18-9-7-17(8-10-18)20-15-22(13-14-25-20)21(2,3)4/h5-12,20H,13-15H2,1-4H3. The highest BCUT2D eigenvalue weighted by atomic mass is 32.2. The van der Waals surface area contributed by atoms with E-state index in [1.165, 1.54) is 0 Å². The lowest BCUT2D eigenvalue weighted by Gasteiger charge is -2.41. The van der Waals surface area contributed by atoms with Crippen LogP contribution in [0.3, 0.4) is 0 Å². The molecule has 0 aliphatic carbocycles. The first-order valence-corrected chi connectivity index (χ1v) is 10.5. The van der Waals surface area contributed by atoms with Crippen molar-refractivity contribution in [3.63, 3.8) is 0 Å². The monoisotopic (exact) mass is 389 g/mol. The minimum atomic E-state index is -3.84. The fourth-order valence-electron chi connectivity index (χ4n) is 3.08. The quantitative estimate of drug-likeness (QED) is 0.742. The highest BCUT2D eigenvalue weighted by Gasteiger charge is 2.29. The summed E-state index contributed by atoms with van der Waals surface area (Å²) in [7, 11) is -3.84. The zero-order valence-electron chi connectivity index (χ0n) is 16.3. The summed E-state index contributed by atoms with van der Waals surface area (Å²) in [6.45, 7) is 10.9. The zero-order chi connectivity index (χ0) is 19.7. The Morgan fingerprint density at radius 3 is 2.26 bits per heavy atom. The van der Waals surface area contributed by atoms with Crippen LogP contribution in [0.5, 0.6) is 5.75 Å². The molecule has 0 bridgehead atoms. The van der Waals surface area contributed by atoms with Crippen molar-refractivity contribution in [1.82, 2.24) is 4.90 Å². The van der Waals surface area contributed by atoms with Crippen LogP contribution in [0.1, 0.15) is 38.0 Å². The van der Waals surface area contributed by atoms with E-state index in [0.29, 0.717) is 12.4 Å². The van der Waals surface area contributed by atoms with Crippen molar-refractivity contribution in [2.45, 2.75) is 44.2 Å². The maximum Gasteiger partial charge on any atom is 0.339 e. The number of rotatable bonds is 4. The number of nitrogens with zero attached hydrogens (tertiary/aromatic N) is 1. The lowest BCUT2D eigenvalue weighted by molar-refractivity contribution is -0.0596.